The zero-order chi connectivity index (χ0) is 19.9. The molecule has 4 aliphatic rings. The third-order valence-corrected chi connectivity index (χ3v) is 7.05. The Bertz CT molecular complexity index is 657. The lowest BCUT2D eigenvalue weighted by Crippen LogP contribution is -2.51. The molecule has 4 heteroatoms. The van der Waals surface area contributed by atoms with Gasteiger partial charge in [0.1, 0.15) is 5.67 Å². The number of aliphatic imine (C=N–C) groups is 1. The van der Waals surface area contributed by atoms with E-state index in [1.54, 1.807) is 19.4 Å². The van der Waals surface area contributed by atoms with Crippen molar-refractivity contribution in [2.45, 2.75) is 108 Å². The molecule has 0 aromatic carbocycles. The topological polar surface area (TPSA) is 35.8 Å². The molecule has 0 radical (unpaired) electrons. The lowest BCUT2D eigenvalue weighted by Gasteiger charge is -2.42. The number of hydrogen-bond donors (Lipinski definition) is 1. The van der Waals surface area contributed by atoms with Crippen LogP contribution in [0.2, 0.25) is 0 Å². The quantitative estimate of drug-likeness (QED) is 0.719. The summed E-state index contributed by atoms with van der Waals surface area (Å²) in [5, 5.41) is 10.2. The van der Waals surface area contributed by atoms with Crippen LogP contribution in [0.15, 0.2) is 28.3 Å². The van der Waals surface area contributed by atoms with Gasteiger partial charge in [0.2, 0.25) is 0 Å². The van der Waals surface area contributed by atoms with Gasteiger partial charge >= 0.3 is 0 Å². The van der Waals surface area contributed by atoms with Crippen LogP contribution in [-0.2, 0) is 0 Å². The van der Waals surface area contributed by atoms with E-state index in [2.05, 4.69) is 24.0 Å². The highest BCUT2D eigenvalue weighted by Crippen LogP contribution is 2.43. The molecule has 4 rings (SSSR count). The summed E-state index contributed by atoms with van der Waals surface area (Å²) in [7, 11) is 0. The molecule has 3 nitrogen and oxygen atoms in total. The molecule has 1 N–H and O–H groups in total. The normalized spacial score (nSPS) is 40.4. The highest BCUT2D eigenvalue weighted by molar-refractivity contribution is 5.96. The number of hydrogen-bond acceptors (Lipinski definition) is 3. The van der Waals surface area contributed by atoms with E-state index in [1.807, 2.05) is 0 Å². The number of halogens is 1. The Morgan fingerprint density at radius 2 is 1.79 bits per heavy atom. The fourth-order valence-electron chi connectivity index (χ4n) is 5.56. The fraction of sp³-hybridized carbons (Fsp3) is 0.792. The van der Waals surface area contributed by atoms with Crippen molar-refractivity contribution in [1.82, 2.24) is 4.90 Å². The summed E-state index contributed by atoms with van der Waals surface area (Å²) in [6.07, 6.45) is 13.7. The number of alkyl halides is 1. The van der Waals surface area contributed by atoms with Gasteiger partial charge in [-0.25, -0.2) is 4.39 Å². The Morgan fingerprint density at radius 3 is 2.39 bits per heavy atom. The van der Waals surface area contributed by atoms with Gasteiger partial charge in [-0.05, 0) is 96.1 Å². The number of allylic oxidation sites excluding steroid dienone is 3. The predicted molar refractivity (Wildman–Crippen MR) is 114 cm³/mol. The van der Waals surface area contributed by atoms with Crippen LogP contribution in [0.4, 0.5) is 4.39 Å². The number of aliphatic hydroxyl groups is 1. The molecule has 0 aromatic heterocycles. The fourth-order valence-corrected chi connectivity index (χ4v) is 5.56. The highest BCUT2D eigenvalue weighted by Gasteiger charge is 2.44. The van der Waals surface area contributed by atoms with E-state index in [0.29, 0.717) is 31.0 Å². The second kappa shape index (κ2) is 8.02. The third kappa shape index (κ3) is 4.94. The molecular formula is C24H37FN2O. The van der Waals surface area contributed by atoms with Crippen molar-refractivity contribution in [2.75, 3.05) is 6.54 Å². The first-order valence-electron chi connectivity index (χ1n) is 11.3. The van der Waals surface area contributed by atoms with Crippen molar-refractivity contribution in [3.05, 3.63) is 23.3 Å². The van der Waals surface area contributed by atoms with Crippen LogP contribution in [-0.4, -0.2) is 52.2 Å². The summed E-state index contributed by atoms with van der Waals surface area (Å²) < 4.78 is 14.1. The molecule has 0 aromatic rings. The molecule has 3 unspecified atom stereocenters. The van der Waals surface area contributed by atoms with E-state index in [1.165, 1.54) is 31.3 Å². The van der Waals surface area contributed by atoms with E-state index < -0.39 is 5.67 Å². The van der Waals surface area contributed by atoms with Crippen LogP contribution in [0.25, 0.3) is 0 Å². The second-order valence-corrected chi connectivity index (χ2v) is 10.2. The molecule has 156 valence electrons. The maximum atomic E-state index is 14.1. The van der Waals surface area contributed by atoms with Gasteiger partial charge in [0.05, 0.1) is 12.6 Å². The van der Waals surface area contributed by atoms with Crippen LogP contribution in [0.3, 0.4) is 0 Å². The summed E-state index contributed by atoms with van der Waals surface area (Å²) >= 11 is 0. The standard InChI is InChI=1S/C24H37FN2O/c1-16-10-18(17-4-5-17)12-22(15-26-19(11-16)8-9-24(2,3)25)27-20-6-7-21(27)14-23(28)13-20/h10-11,17,20-23,28H,4-9,12-15H2,1-3H3/b16-11+,18-10+,26-19-. The Balaban J connectivity index is 1.58. The van der Waals surface area contributed by atoms with Gasteiger partial charge in [0, 0.05) is 23.8 Å². The first kappa shape index (κ1) is 20.3. The summed E-state index contributed by atoms with van der Waals surface area (Å²) in [4.78, 5) is 7.73. The van der Waals surface area contributed by atoms with E-state index >= 15 is 0 Å². The monoisotopic (exact) mass is 388 g/mol. The van der Waals surface area contributed by atoms with Crippen molar-refractivity contribution in [3.63, 3.8) is 0 Å². The van der Waals surface area contributed by atoms with Gasteiger partial charge in [-0.3, -0.25) is 9.89 Å². The summed E-state index contributed by atoms with van der Waals surface area (Å²) in [5.74, 6) is 0.755. The zero-order valence-electron chi connectivity index (χ0n) is 17.8. The third-order valence-electron chi connectivity index (χ3n) is 7.05. The van der Waals surface area contributed by atoms with Gasteiger partial charge in [-0.2, -0.15) is 0 Å². The molecule has 0 amide bonds. The van der Waals surface area contributed by atoms with Crippen molar-refractivity contribution >= 4 is 5.71 Å². The van der Waals surface area contributed by atoms with E-state index in [9.17, 15) is 9.50 Å². The van der Waals surface area contributed by atoms with Crippen molar-refractivity contribution in [2.24, 2.45) is 10.9 Å². The smallest absolute Gasteiger partial charge is 0.105 e. The van der Waals surface area contributed by atoms with Gasteiger partial charge in [0.15, 0.2) is 0 Å². The van der Waals surface area contributed by atoms with Crippen LogP contribution >= 0.6 is 0 Å². The number of aliphatic hydroxyl groups excluding tert-OH is 1. The average Bonchev–Trinajstić information content (AvgIpc) is 3.39. The molecule has 2 bridgehead atoms. The Hall–Kier alpha value is -1.00. The molecule has 0 spiro atoms. The molecule has 3 fully saturated rings. The van der Waals surface area contributed by atoms with Crippen molar-refractivity contribution in [1.29, 1.82) is 0 Å². The van der Waals surface area contributed by atoms with Crippen LogP contribution in [0, 0.1) is 5.92 Å². The van der Waals surface area contributed by atoms with Gasteiger partial charge in [0.25, 0.3) is 0 Å². The van der Waals surface area contributed by atoms with E-state index in [-0.39, 0.29) is 6.10 Å². The largest absolute Gasteiger partial charge is 0.393 e. The highest BCUT2D eigenvalue weighted by atomic mass is 19.1. The Morgan fingerprint density at radius 1 is 1.11 bits per heavy atom. The van der Waals surface area contributed by atoms with Crippen molar-refractivity contribution < 1.29 is 9.50 Å². The lowest BCUT2D eigenvalue weighted by atomic mass is 9.93. The second-order valence-electron chi connectivity index (χ2n) is 10.2. The minimum Gasteiger partial charge on any atom is -0.393 e. The molecule has 3 atom stereocenters. The molecule has 28 heavy (non-hydrogen) atoms. The summed E-state index contributed by atoms with van der Waals surface area (Å²) in [6.45, 7) is 6.28. The van der Waals surface area contributed by atoms with Crippen LogP contribution < -0.4 is 0 Å². The molecule has 2 saturated heterocycles. The SMILES string of the molecule is CC1=C\C(CCC(C)(C)F)=N/CC(N2C3CCC2CC(O)C3)C/C(C2CC2)=C\1. The number of piperidine rings is 1. The van der Waals surface area contributed by atoms with Crippen molar-refractivity contribution in [3.8, 4) is 0 Å². The minimum atomic E-state index is -1.15. The predicted octanol–water partition coefficient (Wildman–Crippen LogP) is 5.00. The lowest BCUT2D eigenvalue weighted by molar-refractivity contribution is 0.0122. The van der Waals surface area contributed by atoms with Gasteiger partial charge in [-0.1, -0.05) is 11.6 Å². The maximum Gasteiger partial charge on any atom is 0.105 e. The summed E-state index contributed by atoms with van der Waals surface area (Å²) in [6, 6.07) is 1.44. The Labute approximate surface area is 169 Å². The molecular weight excluding hydrogens is 351 g/mol. The average molecular weight is 389 g/mol. The first-order chi connectivity index (χ1) is 13.3. The minimum absolute atomic E-state index is 0.127. The van der Waals surface area contributed by atoms with E-state index in [0.717, 1.165) is 37.4 Å². The zero-order valence-corrected chi connectivity index (χ0v) is 17.8. The van der Waals surface area contributed by atoms with Gasteiger partial charge in [-0.15, -0.1) is 0 Å². The number of rotatable bonds is 5. The van der Waals surface area contributed by atoms with Gasteiger partial charge < -0.3 is 5.11 Å². The van der Waals surface area contributed by atoms with E-state index in [4.69, 9.17) is 4.99 Å². The van der Waals surface area contributed by atoms with Crippen LogP contribution in [0.1, 0.15) is 78.6 Å². The molecule has 3 heterocycles. The number of nitrogens with zero attached hydrogens (tertiary/aromatic N) is 2. The Kier molecular flexibility index (Phi) is 5.81. The first-order valence-corrected chi connectivity index (χ1v) is 11.3. The molecule has 1 aliphatic carbocycles. The molecule has 3 aliphatic heterocycles. The van der Waals surface area contributed by atoms with Crippen LogP contribution in [0.5, 0.6) is 0 Å². The maximum absolute atomic E-state index is 14.1. The summed E-state index contributed by atoms with van der Waals surface area (Å²) in [5.41, 5.74) is 2.74. The molecule has 1 saturated carbocycles. The number of fused-ring (bicyclic) bond motifs is 2.